The number of nitrogens with one attached hydrogen (secondary N) is 3. The van der Waals surface area contributed by atoms with Crippen LogP contribution in [0.1, 0.15) is 11.1 Å². The predicted octanol–water partition coefficient (Wildman–Crippen LogP) is 4.33. The fourth-order valence-electron chi connectivity index (χ4n) is 1.80. The number of amides is 4. The number of carbonyl (C=O) groups is 2. The lowest BCUT2D eigenvalue weighted by atomic mass is 10.2. The molecule has 0 aliphatic rings. The Hall–Kier alpha value is -2.75. The van der Waals surface area contributed by atoms with Gasteiger partial charge in [-0.1, -0.05) is 0 Å². The maximum absolute atomic E-state index is 12.6. The van der Waals surface area contributed by atoms with Crippen molar-refractivity contribution in [2.45, 2.75) is 13.1 Å². The first-order valence-corrected chi connectivity index (χ1v) is 7.81. The molecule has 1 aromatic carbocycles. The molecule has 6 nitrogen and oxygen atoms in total. The van der Waals surface area contributed by atoms with E-state index in [4.69, 9.17) is 4.74 Å². The monoisotopic (exact) mass is 373 g/mol. The Morgan fingerprint density at radius 3 is 2.44 bits per heavy atom. The summed E-state index contributed by atoms with van der Waals surface area (Å²) in [7, 11) is 1.37. The fourth-order valence-corrected chi connectivity index (χ4v) is 2.57. The maximum atomic E-state index is 12.6. The van der Waals surface area contributed by atoms with Gasteiger partial charge in [-0.3, -0.25) is 5.32 Å². The molecule has 0 unspecified atom stereocenters. The molecule has 0 atom stereocenters. The van der Waals surface area contributed by atoms with Crippen molar-refractivity contribution in [3.05, 3.63) is 40.8 Å². The van der Waals surface area contributed by atoms with Gasteiger partial charge in [0, 0.05) is 24.2 Å². The Bertz CT molecular complexity index is 790. The summed E-state index contributed by atoms with van der Waals surface area (Å²) < 4.78 is 43.2. The zero-order valence-corrected chi connectivity index (χ0v) is 14.0. The van der Waals surface area contributed by atoms with Gasteiger partial charge in [0.05, 0.1) is 5.56 Å². The number of urea groups is 2. The van der Waals surface area contributed by atoms with Crippen LogP contribution < -0.4 is 20.7 Å². The summed E-state index contributed by atoms with van der Waals surface area (Å²) in [5.74, 6) is 0.354. The van der Waals surface area contributed by atoms with E-state index < -0.39 is 23.8 Å². The molecule has 134 valence electrons. The highest BCUT2D eigenvalue weighted by atomic mass is 32.1. The lowest BCUT2D eigenvalue weighted by Gasteiger charge is -2.10. The maximum Gasteiger partial charge on any atom is 0.417 e. The normalized spacial score (nSPS) is 10.9. The molecule has 0 aliphatic carbocycles. The Morgan fingerprint density at radius 2 is 1.88 bits per heavy atom. The lowest BCUT2D eigenvalue weighted by molar-refractivity contribution is -0.137. The van der Waals surface area contributed by atoms with Crippen LogP contribution in [0.15, 0.2) is 29.6 Å². The SMILES string of the molecule is CNC(=O)NC(=O)Nc1ccc(Oc2cc(C(F)(F)F)cs2)c(C)c1. The topological polar surface area (TPSA) is 79.5 Å². The van der Waals surface area contributed by atoms with Crippen molar-refractivity contribution < 1.29 is 27.5 Å². The van der Waals surface area contributed by atoms with Gasteiger partial charge in [0.1, 0.15) is 5.75 Å². The second kappa shape index (κ2) is 7.43. The third-order valence-corrected chi connectivity index (χ3v) is 3.81. The molecule has 1 aromatic heterocycles. The molecule has 3 N–H and O–H groups in total. The third kappa shape index (κ3) is 5.11. The van der Waals surface area contributed by atoms with Gasteiger partial charge in [0.15, 0.2) is 5.06 Å². The fraction of sp³-hybridized carbons (Fsp3) is 0.200. The van der Waals surface area contributed by atoms with E-state index in [-0.39, 0.29) is 5.06 Å². The van der Waals surface area contributed by atoms with Crippen molar-refractivity contribution in [2.24, 2.45) is 0 Å². The molecule has 0 spiro atoms. The summed E-state index contributed by atoms with van der Waals surface area (Å²) in [5.41, 5.74) is 0.224. The minimum Gasteiger partial charge on any atom is -0.446 e. The summed E-state index contributed by atoms with van der Waals surface area (Å²) >= 11 is 0.838. The van der Waals surface area contributed by atoms with Crippen LogP contribution in [-0.2, 0) is 6.18 Å². The molecule has 10 heteroatoms. The van der Waals surface area contributed by atoms with Gasteiger partial charge in [-0.2, -0.15) is 13.2 Å². The van der Waals surface area contributed by atoms with Crippen molar-refractivity contribution in [3.8, 4) is 10.8 Å². The molecule has 2 aromatic rings. The minimum absolute atomic E-state index is 0.105. The Morgan fingerprint density at radius 1 is 1.16 bits per heavy atom. The van der Waals surface area contributed by atoms with Crippen molar-refractivity contribution in [1.29, 1.82) is 0 Å². The molecular formula is C15H14F3N3O3S. The highest BCUT2D eigenvalue weighted by molar-refractivity contribution is 7.12. The number of ether oxygens (including phenoxy) is 1. The van der Waals surface area contributed by atoms with E-state index in [0.717, 1.165) is 22.8 Å². The zero-order valence-electron chi connectivity index (χ0n) is 13.2. The Labute approximate surface area is 145 Å². The summed E-state index contributed by atoms with van der Waals surface area (Å²) in [6.07, 6.45) is -4.42. The average molecular weight is 373 g/mol. The van der Waals surface area contributed by atoms with Crippen molar-refractivity contribution >= 4 is 29.1 Å². The summed E-state index contributed by atoms with van der Waals surface area (Å²) in [6, 6.07) is 4.12. The summed E-state index contributed by atoms with van der Waals surface area (Å²) in [5, 5.41) is 7.80. The molecule has 0 radical (unpaired) electrons. The number of benzene rings is 1. The first kappa shape index (κ1) is 18.6. The molecule has 0 bridgehead atoms. The standard InChI is InChI=1S/C15H14F3N3O3S/c1-8-5-10(20-14(23)21-13(22)19-2)3-4-11(8)24-12-6-9(7-25-12)15(16,17)18/h3-7H,1-2H3,(H3,19,20,21,22,23). The molecule has 0 aliphatic heterocycles. The first-order valence-electron chi connectivity index (χ1n) is 6.93. The van der Waals surface area contributed by atoms with E-state index in [2.05, 4.69) is 10.6 Å². The van der Waals surface area contributed by atoms with E-state index in [9.17, 15) is 22.8 Å². The van der Waals surface area contributed by atoms with Gasteiger partial charge in [-0.05, 0) is 30.7 Å². The highest BCUT2D eigenvalue weighted by Gasteiger charge is 2.32. The van der Waals surface area contributed by atoms with Crippen LogP contribution in [0.3, 0.4) is 0 Å². The number of imide groups is 1. The van der Waals surface area contributed by atoms with Gasteiger partial charge < -0.3 is 15.4 Å². The summed E-state index contributed by atoms with van der Waals surface area (Å²) in [6.45, 7) is 1.68. The van der Waals surface area contributed by atoms with E-state index in [0.29, 0.717) is 17.0 Å². The van der Waals surface area contributed by atoms with Crippen molar-refractivity contribution in [3.63, 3.8) is 0 Å². The molecule has 2 rings (SSSR count). The van der Waals surface area contributed by atoms with E-state index in [1.54, 1.807) is 13.0 Å². The molecule has 4 amide bonds. The lowest BCUT2D eigenvalue weighted by Crippen LogP contribution is -2.40. The number of alkyl halides is 3. The number of aryl methyl sites for hydroxylation is 1. The quantitative estimate of drug-likeness (QED) is 0.749. The van der Waals surface area contributed by atoms with Crippen molar-refractivity contribution in [1.82, 2.24) is 10.6 Å². The summed E-state index contributed by atoms with van der Waals surface area (Å²) in [4.78, 5) is 22.6. The number of hydrogen-bond donors (Lipinski definition) is 3. The second-order valence-electron chi connectivity index (χ2n) is 4.89. The number of rotatable bonds is 3. The van der Waals surface area contributed by atoms with Gasteiger partial charge in [0.25, 0.3) is 0 Å². The predicted molar refractivity (Wildman–Crippen MR) is 87.2 cm³/mol. The van der Waals surface area contributed by atoms with Gasteiger partial charge in [0.2, 0.25) is 0 Å². The van der Waals surface area contributed by atoms with E-state index >= 15 is 0 Å². The van der Waals surface area contributed by atoms with Crippen LogP contribution in [0.5, 0.6) is 10.8 Å². The average Bonchev–Trinajstić information content (AvgIpc) is 2.98. The Kier molecular flexibility index (Phi) is 5.52. The van der Waals surface area contributed by atoms with E-state index in [1.165, 1.54) is 19.2 Å². The number of anilines is 1. The van der Waals surface area contributed by atoms with Crippen LogP contribution in [-0.4, -0.2) is 19.1 Å². The largest absolute Gasteiger partial charge is 0.446 e. The highest BCUT2D eigenvalue weighted by Crippen LogP contribution is 2.38. The van der Waals surface area contributed by atoms with Gasteiger partial charge in [-0.25, -0.2) is 9.59 Å². The van der Waals surface area contributed by atoms with Gasteiger partial charge >= 0.3 is 18.2 Å². The molecule has 25 heavy (non-hydrogen) atoms. The zero-order chi connectivity index (χ0) is 18.6. The van der Waals surface area contributed by atoms with Crippen LogP contribution in [0.2, 0.25) is 0 Å². The molecule has 1 heterocycles. The molecular weight excluding hydrogens is 359 g/mol. The number of carbonyl (C=O) groups excluding carboxylic acids is 2. The third-order valence-electron chi connectivity index (χ3n) is 3.00. The minimum atomic E-state index is -4.42. The number of thiophene rings is 1. The van der Waals surface area contributed by atoms with Gasteiger partial charge in [-0.15, -0.1) is 11.3 Å². The van der Waals surface area contributed by atoms with Crippen LogP contribution in [0.25, 0.3) is 0 Å². The Balaban J connectivity index is 2.05. The van der Waals surface area contributed by atoms with Crippen LogP contribution in [0.4, 0.5) is 28.4 Å². The molecule has 0 saturated carbocycles. The molecule has 0 saturated heterocycles. The number of hydrogen-bond acceptors (Lipinski definition) is 4. The first-order chi connectivity index (χ1) is 11.7. The van der Waals surface area contributed by atoms with E-state index in [1.807, 2.05) is 5.32 Å². The van der Waals surface area contributed by atoms with Crippen molar-refractivity contribution in [2.75, 3.05) is 12.4 Å². The number of halogens is 3. The van der Waals surface area contributed by atoms with Crippen LogP contribution in [0, 0.1) is 6.92 Å². The molecule has 0 fully saturated rings. The smallest absolute Gasteiger partial charge is 0.417 e. The second-order valence-corrected chi connectivity index (χ2v) is 5.77. The van der Waals surface area contributed by atoms with Crippen LogP contribution >= 0.6 is 11.3 Å².